The van der Waals surface area contributed by atoms with Crippen LogP contribution < -0.4 is 10.2 Å². The molecule has 2 fully saturated rings. The van der Waals surface area contributed by atoms with Gasteiger partial charge >= 0.3 is 16.8 Å². The summed E-state index contributed by atoms with van der Waals surface area (Å²) in [6.07, 6.45) is 3.82. The van der Waals surface area contributed by atoms with Gasteiger partial charge in [-0.1, -0.05) is 24.4 Å². The molecular weight excluding hydrogens is 367 g/mol. The van der Waals surface area contributed by atoms with Gasteiger partial charge in [0.25, 0.3) is 0 Å². The van der Waals surface area contributed by atoms with E-state index < -0.39 is 11.8 Å². The van der Waals surface area contributed by atoms with Gasteiger partial charge in [-0.25, -0.2) is 0 Å². The maximum absolute atomic E-state index is 11.7. The van der Waals surface area contributed by atoms with E-state index in [-0.39, 0.29) is 23.2 Å². The molecule has 2 rings (SSSR count). The van der Waals surface area contributed by atoms with Crippen LogP contribution in [0.2, 0.25) is 0 Å². The van der Waals surface area contributed by atoms with Gasteiger partial charge in [-0.3, -0.25) is 10.0 Å². The Balaban J connectivity index is 0.00000242. The van der Waals surface area contributed by atoms with Crippen LogP contribution in [0.4, 0.5) is 0 Å². The molecule has 0 aliphatic heterocycles. The molecule has 0 aromatic heterocycles. The van der Waals surface area contributed by atoms with Crippen molar-refractivity contribution in [2.75, 3.05) is 14.1 Å². The van der Waals surface area contributed by atoms with E-state index >= 15 is 0 Å². The summed E-state index contributed by atoms with van der Waals surface area (Å²) in [6, 6.07) is 0. The number of hydrazone groups is 2. The molecule has 22 heavy (non-hydrogen) atoms. The summed E-state index contributed by atoms with van der Waals surface area (Å²) in [5.74, 6) is -0.382. The molecule has 0 spiro atoms. The van der Waals surface area contributed by atoms with Gasteiger partial charge in [0.2, 0.25) is 0 Å². The average molecular weight is 385 g/mol. The third kappa shape index (κ3) is 5.79. The van der Waals surface area contributed by atoms with Crippen LogP contribution in [-0.2, 0) is 16.8 Å². The van der Waals surface area contributed by atoms with Crippen LogP contribution in [0.25, 0.3) is 0 Å². The van der Waals surface area contributed by atoms with Crippen LogP contribution >= 0.6 is 24.4 Å². The van der Waals surface area contributed by atoms with Crippen molar-refractivity contribution in [3.63, 3.8) is 0 Å². The van der Waals surface area contributed by atoms with Crippen molar-refractivity contribution < 1.29 is 27.0 Å². The molecule has 0 aromatic carbocycles. The van der Waals surface area contributed by atoms with Gasteiger partial charge in [-0.15, -0.1) is 0 Å². The molecule has 0 unspecified atom stereocenters. The largest absolute Gasteiger partial charge is 2.00 e. The van der Waals surface area contributed by atoms with Crippen molar-refractivity contribution in [3.8, 4) is 0 Å². The fraction of sp³-hybridized carbons (Fsp3) is 0.692. The molecule has 1 radical (unpaired) electrons. The summed E-state index contributed by atoms with van der Waals surface area (Å²) in [5.41, 5.74) is 0. The molecule has 123 valence electrons. The van der Waals surface area contributed by atoms with Crippen LogP contribution in [0.5, 0.6) is 0 Å². The first-order valence-electron chi connectivity index (χ1n) is 6.92. The Morgan fingerprint density at radius 1 is 0.909 bits per heavy atom. The monoisotopic (exact) mass is 385 g/mol. The fourth-order valence-electron chi connectivity index (χ4n) is 1.82. The first-order chi connectivity index (χ1) is 9.88. The Morgan fingerprint density at radius 2 is 1.23 bits per heavy atom. The Bertz CT molecular complexity index is 460. The molecular formula is C13H18CoN4O2S2. The molecule has 0 heterocycles. The molecule has 2 aliphatic carbocycles. The number of rotatable bonds is 6. The van der Waals surface area contributed by atoms with E-state index in [1.165, 1.54) is 10.0 Å². The van der Waals surface area contributed by atoms with Gasteiger partial charge in [0.1, 0.15) is 9.98 Å². The van der Waals surface area contributed by atoms with Crippen molar-refractivity contribution in [3.05, 3.63) is 0 Å². The summed E-state index contributed by atoms with van der Waals surface area (Å²) in [7, 11) is 3.27. The Morgan fingerprint density at radius 3 is 1.50 bits per heavy atom. The van der Waals surface area contributed by atoms with Gasteiger partial charge in [-0.2, -0.15) is 10.2 Å². The maximum Gasteiger partial charge on any atom is 2.00 e. The van der Waals surface area contributed by atoms with Crippen LogP contribution in [0.15, 0.2) is 10.2 Å². The van der Waals surface area contributed by atoms with Crippen molar-refractivity contribution in [1.82, 2.24) is 10.0 Å². The minimum Gasteiger partial charge on any atom is -0.860 e. The van der Waals surface area contributed by atoms with Crippen LogP contribution in [0, 0.1) is 11.8 Å². The van der Waals surface area contributed by atoms with E-state index in [1.807, 2.05) is 0 Å². The van der Waals surface area contributed by atoms with E-state index in [9.17, 15) is 10.2 Å². The molecule has 0 N–H and O–H groups in total. The van der Waals surface area contributed by atoms with Crippen molar-refractivity contribution in [2.45, 2.75) is 32.1 Å². The first kappa shape index (κ1) is 19.3. The van der Waals surface area contributed by atoms with E-state index in [2.05, 4.69) is 10.2 Å². The second kappa shape index (κ2) is 8.18. The molecule has 2 saturated carbocycles. The minimum atomic E-state index is -0.542. The normalized spacial score (nSPS) is 18.5. The van der Waals surface area contributed by atoms with Gasteiger partial charge in [-0.05, 0) is 37.5 Å². The van der Waals surface area contributed by atoms with Crippen LogP contribution in [0.1, 0.15) is 32.1 Å². The van der Waals surface area contributed by atoms with E-state index in [0.29, 0.717) is 21.8 Å². The first-order valence-corrected chi connectivity index (χ1v) is 7.74. The molecule has 9 heteroatoms. The molecule has 6 nitrogen and oxygen atoms in total. The third-order valence-electron chi connectivity index (χ3n) is 3.32. The second-order valence-electron chi connectivity index (χ2n) is 5.44. The Hall–Kier alpha value is -0.774. The fourth-order valence-corrected chi connectivity index (χ4v) is 2.38. The number of hydrogen-bond donors (Lipinski definition) is 0. The van der Waals surface area contributed by atoms with Crippen molar-refractivity contribution >= 4 is 46.2 Å². The molecule has 0 bridgehead atoms. The van der Waals surface area contributed by atoms with Crippen molar-refractivity contribution in [1.29, 1.82) is 0 Å². The Kier molecular flexibility index (Phi) is 7.17. The summed E-state index contributed by atoms with van der Waals surface area (Å²) in [4.78, 5) is 1.31. The zero-order chi connectivity index (χ0) is 15.6. The number of nitrogens with zero attached hydrogens (tertiary/aromatic N) is 4. The number of hydrogen-bond acceptors (Lipinski definition) is 6. The predicted octanol–water partition coefficient (Wildman–Crippen LogP) is 0.0600. The zero-order valence-corrected chi connectivity index (χ0v) is 15.1. The summed E-state index contributed by atoms with van der Waals surface area (Å²) >= 11 is 10.4. The van der Waals surface area contributed by atoms with Gasteiger partial charge in [0, 0.05) is 32.4 Å². The number of thiocarbonyl (C=S) groups is 2. The van der Waals surface area contributed by atoms with Crippen LogP contribution in [-0.4, -0.2) is 45.9 Å². The van der Waals surface area contributed by atoms with Gasteiger partial charge < -0.3 is 10.2 Å². The smallest absolute Gasteiger partial charge is 0.860 e. The van der Waals surface area contributed by atoms with E-state index in [0.717, 1.165) is 25.7 Å². The molecule has 2 aliphatic rings. The van der Waals surface area contributed by atoms with E-state index in [1.54, 1.807) is 14.1 Å². The second-order valence-corrected chi connectivity index (χ2v) is 6.27. The molecule has 0 aromatic rings. The molecule has 0 amide bonds. The minimum absolute atomic E-state index is 0. The van der Waals surface area contributed by atoms with Crippen molar-refractivity contribution in [2.24, 2.45) is 22.0 Å². The maximum atomic E-state index is 11.7. The summed E-state index contributed by atoms with van der Waals surface area (Å²) < 4.78 is 0. The Labute approximate surface area is 151 Å². The van der Waals surface area contributed by atoms with Gasteiger partial charge in [0.05, 0.1) is 0 Å². The average Bonchev–Trinajstić information content (AvgIpc) is 3.29. The third-order valence-corrected chi connectivity index (χ3v) is 4.51. The SMILES string of the molecule is CN(/N=C(\[O-])C/C([O-])=N/N(C)C(=S)C1CC1)C(=S)C1CC1.[Co+2]. The summed E-state index contributed by atoms with van der Waals surface area (Å²) in [5, 5.41) is 33.8. The predicted molar refractivity (Wildman–Crippen MR) is 85.7 cm³/mol. The summed E-state index contributed by atoms with van der Waals surface area (Å²) in [6.45, 7) is 0. The van der Waals surface area contributed by atoms with Crippen LogP contribution in [0.3, 0.4) is 0 Å². The standard InChI is InChI=1S/C13H20N4O2S2.Co/c1-16(12(20)8-3-4-8)14-10(18)7-11(19)15-17(2)13(21)9-5-6-9;/h8-9H,3-7H2,1-2H3,(H,14,18)(H,15,19);/q;+2/p-2. The van der Waals surface area contributed by atoms with E-state index in [4.69, 9.17) is 24.4 Å². The molecule has 0 atom stereocenters. The topological polar surface area (TPSA) is 77.3 Å². The quantitative estimate of drug-likeness (QED) is 0.279. The zero-order valence-electron chi connectivity index (χ0n) is 12.4. The van der Waals surface area contributed by atoms with Gasteiger partial charge in [0.15, 0.2) is 0 Å². The molecule has 0 saturated heterocycles.